The van der Waals surface area contributed by atoms with E-state index in [0.29, 0.717) is 13.1 Å². The van der Waals surface area contributed by atoms with E-state index < -0.39 is 0 Å². The second-order valence-corrected chi connectivity index (χ2v) is 4.89. The van der Waals surface area contributed by atoms with Crippen LogP contribution in [0.1, 0.15) is 17.1 Å². The van der Waals surface area contributed by atoms with Crippen molar-refractivity contribution in [2.45, 2.75) is 20.0 Å². The third-order valence-electron chi connectivity index (χ3n) is 3.26. The zero-order valence-electron chi connectivity index (χ0n) is 11.7. The van der Waals surface area contributed by atoms with Crippen LogP contribution in [0.5, 0.6) is 0 Å². The van der Waals surface area contributed by atoms with Gasteiger partial charge >= 0.3 is 0 Å². The molecular formula is C16H16FN3O. The molecule has 0 atom stereocenters. The van der Waals surface area contributed by atoms with Gasteiger partial charge in [-0.2, -0.15) is 5.10 Å². The number of nitrogens with one attached hydrogen (secondary N) is 2. The first-order valence-corrected chi connectivity index (χ1v) is 6.76. The molecule has 5 heteroatoms. The van der Waals surface area contributed by atoms with Crippen LogP contribution in [-0.2, 0) is 13.1 Å². The molecule has 1 aromatic carbocycles. The molecule has 0 aliphatic heterocycles. The summed E-state index contributed by atoms with van der Waals surface area (Å²) in [4.78, 5) is 0. The van der Waals surface area contributed by atoms with E-state index in [1.54, 1.807) is 18.3 Å². The average molecular weight is 285 g/mol. The second kappa shape index (κ2) is 5.93. The van der Waals surface area contributed by atoms with E-state index in [0.717, 1.165) is 28.3 Å². The number of furan rings is 1. The van der Waals surface area contributed by atoms with Gasteiger partial charge in [0.2, 0.25) is 0 Å². The molecular weight excluding hydrogens is 269 g/mol. The summed E-state index contributed by atoms with van der Waals surface area (Å²) >= 11 is 0. The van der Waals surface area contributed by atoms with Gasteiger partial charge in [0.1, 0.15) is 17.3 Å². The third-order valence-corrected chi connectivity index (χ3v) is 3.26. The highest BCUT2D eigenvalue weighted by molar-refractivity contribution is 5.62. The molecule has 2 heterocycles. The van der Waals surface area contributed by atoms with Gasteiger partial charge in [-0.05, 0) is 43.3 Å². The SMILES string of the molecule is Cc1ccc(CNCc2cn[nH]c2-c2ccc(F)cc2)o1. The lowest BCUT2D eigenvalue weighted by Gasteiger charge is -2.05. The summed E-state index contributed by atoms with van der Waals surface area (Å²) in [5, 5.41) is 10.3. The van der Waals surface area contributed by atoms with Crippen LogP contribution in [0.2, 0.25) is 0 Å². The summed E-state index contributed by atoms with van der Waals surface area (Å²) in [6.07, 6.45) is 1.78. The Hall–Kier alpha value is -2.40. The molecule has 4 nitrogen and oxygen atoms in total. The number of rotatable bonds is 5. The third kappa shape index (κ3) is 3.20. The first-order chi connectivity index (χ1) is 10.2. The number of aromatic nitrogens is 2. The number of halogens is 1. The average Bonchev–Trinajstić information content (AvgIpc) is 3.09. The van der Waals surface area contributed by atoms with Crippen molar-refractivity contribution in [1.82, 2.24) is 15.5 Å². The summed E-state index contributed by atoms with van der Waals surface area (Å²) < 4.78 is 18.5. The second-order valence-electron chi connectivity index (χ2n) is 4.89. The highest BCUT2D eigenvalue weighted by Crippen LogP contribution is 2.21. The van der Waals surface area contributed by atoms with Crippen LogP contribution < -0.4 is 5.32 Å². The molecule has 0 fully saturated rings. The van der Waals surface area contributed by atoms with Gasteiger partial charge in [-0.15, -0.1) is 0 Å². The van der Waals surface area contributed by atoms with Crippen LogP contribution in [0.25, 0.3) is 11.3 Å². The molecule has 0 unspecified atom stereocenters. The van der Waals surface area contributed by atoms with Crippen molar-refractivity contribution < 1.29 is 8.81 Å². The Balaban J connectivity index is 1.66. The first kappa shape index (κ1) is 13.6. The van der Waals surface area contributed by atoms with Crippen LogP contribution >= 0.6 is 0 Å². The number of H-pyrrole nitrogens is 1. The molecule has 3 aromatic rings. The smallest absolute Gasteiger partial charge is 0.123 e. The summed E-state index contributed by atoms with van der Waals surface area (Å²) in [6.45, 7) is 3.23. The molecule has 2 N–H and O–H groups in total. The van der Waals surface area contributed by atoms with Gasteiger partial charge in [0.15, 0.2) is 0 Å². The van der Waals surface area contributed by atoms with Crippen LogP contribution in [0.3, 0.4) is 0 Å². The molecule has 3 rings (SSSR count). The maximum Gasteiger partial charge on any atom is 0.123 e. The summed E-state index contributed by atoms with van der Waals surface area (Å²) in [7, 11) is 0. The van der Waals surface area contributed by atoms with E-state index in [1.165, 1.54) is 12.1 Å². The molecule has 0 spiro atoms. The predicted octanol–water partition coefficient (Wildman–Crippen LogP) is 3.41. The summed E-state index contributed by atoms with van der Waals surface area (Å²) in [5.41, 5.74) is 2.85. The molecule has 0 aliphatic carbocycles. The highest BCUT2D eigenvalue weighted by atomic mass is 19.1. The molecule has 0 saturated carbocycles. The maximum atomic E-state index is 13.0. The van der Waals surface area contributed by atoms with Gasteiger partial charge < -0.3 is 9.73 Å². The Morgan fingerprint density at radius 2 is 1.95 bits per heavy atom. The van der Waals surface area contributed by atoms with Crippen molar-refractivity contribution in [3.8, 4) is 11.3 Å². The van der Waals surface area contributed by atoms with Gasteiger partial charge in [0.25, 0.3) is 0 Å². The van der Waals surface area contributed by atoms with E-state index >= 15 is 0 Å². The van der Waals surface area contributed by atoms with E-state index in [1.807, 2.05) is 19.1 Å². The maximum absolute atomic E-state index is 13.0. The fraction of sp³-hybridized carbons (Fsp3) is 0.188. The fourth-order valence-electron chi connectivity index (χ4n) is 2.21. The minimum atomic E-state index is -0.244. The van der Waals surface area contributed by atoms with E-state index in [4.69, 9.17) is 4.42 Å². The Morgan fingerprint density at radius 1 is 1.14 bits per heavy atom. The van der Waals surface area contributed by atoms with Crippen molar-refractivity contribution in [3.63, 3.8) is 0 Å². The number of aromatic amines is 1. The topological polar surface area (TPSA) is 53.9 Å². The minimum Gasteiger partial charge on any atom is -0.465 e. The Labute approximate surface area is 122 Å². The van der Waals surface area contributed by atoms with Crippen LogP contribution in [0.15, 0.2) is 47.0 Å². The van der Waals surface area contributed by atoms with E-state index in [-0.39, 0.29) is 5.82 Å². The zero-order chi connectivity index (χ0) is 14.7. The zero-order valence-corrected chi connectivity index (χ0v) is 11.7. The van der Waals surface area contributed by atoms with Crippen LogP contribution in [-0.4, -0.2) is 10.2 Å². The van der Waals surface area contributed by atoms with Crippen molar-refractivity contribution in [1.29, 1.82) is 0 Å². The lowest BCUT2D eigenvalue weighted by molar-refractivity contribution is 0.462. The normalized spacial score (nSPS) is 11.0. The van der Waals surface area contributed by atoms with Gasteiger partial charge in [-0.25, -0.2) is 4.39 Å². The molecule has 0 amide bonds. The van der Waals surface area contributed by atoms with Crippen molar-refractivity contribution in [3.05, 3.63) is 65.5 Å². The Kier molecular flexibility index (Phi) is 3.83. The molecule has 0 aliphatic rings. The highest BCUT2D eigenvalue weighted by Gasteiger charge is 2.08. The largest absolute Gasteiger partial charge is 0.465 e. The number of benzene rings is 1. The quantitative estimate of drug-likeness (QED) is 0.755. The molecule has 21 heavy (non-hydrogen) atoms. The lowest BCUT2D eigenvalue weighted by atomic mass is 10.1. The molecule has 0 saturated heterocycles. The monoisotopic (exact) mass is 285 g/mol. The molecule has 108 valence electrons. The van der Waals surface area contributed by atoms with Gasteiger partial charge in [-0.1, -0.05) is 0 Å². The summed E-state index contributed by atoms with van der Waals surface area (Å²) in [6, 6.07) is 10.3. The van der Waals surface area contributed by atoms with Crippen molar-refractivity contribution in [2.24, 2.45) is 0 Å². The molecule has 2 aromatic heterocycles. The molecule has 0 radical (unpaired) electrons. The number of hydrogen-bond donors (Lipinski definition) is 2. The minimum absolute atomic E-state index is 0.244. The van der Waals surface area contributed by atoms with E-state index in [9.17, 15) is 4.39 Å². The van der Waals surface area contributed by atoms with Crippen molar-refractivity contribution in [2.75, 3.05) is 0 Å². The number of aryl methyl sites for hydroxylation is 1. The Bertz CT molecular complexity index is 715. The summed E-state index contributed by atoms with van der Waals surface area (Å²) in [5.74, 6) is 1.56. The van der Waals surface area contributed by atoms with Gasteiger partial charge in [-0.3, -0.25) is 5.10 Å². The van der Waals surface area contributed by atoms with Gasteiger partial charge in [0.05, 0.1) is 18.4 Å². The first-order valence-electron chi connectivity index (χ1n) is 6.76. The lowest BCUT2D eigenvalue weighted by Crippen LogP contribution is -2.12. The predicted molar refractivity (Wildman–Crippen MR) is 78.0 cm³/mol. The number of nitrogens with zero attached hydrogens (tertiary/aromatic N) is 1. The number of hydrogen-bond acceptors (Lipinski definition) is 3. The van der Waals surface area contributed by atoms with Gasteiger partial charge in [0, 0.05) is 17.7 Å². The fourth-order valence-corrected chi connectivity index (χ4v) is 2.21. The Morgan fingerprint density at radius 3 is 2.67 bits per heavy atom. The standard InChI is InChI=1S/C16H16FN3O/c1-11-2-7-15(21-11)10-18-8-13-9-19-20-16(13)12-3-5-14(17)6-4-12/h2-7,9,18H,8,10H2,1H3,(H,19,20). The van der Waals surface area contributed by atoms with E-state index in [2.05, 4.69) is 15.5 Å². The van der Waals surface area contributed by atoms with Crippen molar-refractivity contribution >= 4 is 0 Å². The molecule has 0 bridgehead atoms. The van der Waals surface area contributed by atoms with Crippen LogP contribution in [0, 0.1) is 12.7 Å². The van der Waals surface area contributed by atoms with Crippen LogP contribution in [0.4, 0.5) is 4.39 Å².